The molecule has 0 bridgehead atoms. The molecule has 2 aromatic carbocycles. The number of aryl methyl sites for hydroxylation is 1. The molecule has 1 aromatic heterocycles. The minimum atomic E-state index is -0.350. The molecule has 1 N–H and O–H groups in total. The van der Waals surface area contributed by atoms with Crippen molar-refractivity contribution in [1.82, 2.24) is 10.3 Å². The van der Waals surface area contributed by atoms with E-state index in [4.69, 9.17) is 16.3 Å². The number of nitrogens with zero attached hydrogens (tertiary/aromatic N) is 2. The van der Waals surface area contributed by atoms with Crippen LogP contribution in [-0.2, 0) is 16.0 Å². The van der Waals surface area contributed by atoms with Gasteiger partial charge in [0.15, 0.2) is 0 Å². The number of hydrogen-bond acceptors (Lipinski definition) is 6. The Balaban J connectivity index is 1.38. The molecular formula is C25H26ClN3O3S. The van der Waals surface area contributed by atoms with Gasteiger partial charge in [-0.2, -0.15) is 0 Å². The summed E-state index contributed by atoms with van der Waals surface area (Å²) >= 11 is 7.52. The summed E-state index contributed by atoms with van der Waals surface area (Å²) in [6, 6.07) is 15.0. The molecule has 0 radical (unpaired) electrons. The van der Waals surface area contributed by atoms with Gasteiger partial charge < -0.3 is 15.0 Å². The maximum absolute atomic E-state index is 12.8. The molecule has 1 atom stereocenters. The van der Waals surface area contributed by atoms with Crippen LogP contribution < -0.4 is 10.2 Å². The minimum absolute atomic E-state index is 0.000400. The largest absolute Gasteiger partial charge is 0.465 e. The van der Waals surface area contributed by atoms with Crippen LogP contribution in [0, 0.1) is 6.92 Å². The first kappa shape index (κ1) is 23.3. The first-order chi connectivity index (χ1) is 15.9. The zero-order chi connectivity index (χ0) is 23.4. The molecule has 1 saturated heterocycles. The Morgan fingerprint density at radius 1 is 1.24 bits per heavy atom. The number of anilines is 1. The standard InChI is InChI=1S/C25H26ClN3O3S/c1-16-22(33-24(27-16)17-8-10-19(26)11-9-17)14-23(30)28-20-6-4-12-29(15-20)21-7-3-5-18(13-21)25(31)32-2/h3,5,7-11,13,20H,4,6,12,14-15H2,1-2H3,(H,28,30). The predicted octanol–water partition coefficient (Wildman–Crippen LogP) is 4.89. The Kier molecular flexibility index (Phi) is 7.30. The molecule has 8 heteroatoms. The quantitative estimate of drug-likeness (QED) is 0.505. The lowest BCUT2D eigenvalue weighted by atomic mass is 10.0. The van der Waals surface area contributed by atoms with E-state index in [1.807, 2.05) is 49.4 Å². The molecular weight excluding hydrogens is 458 g/mol. The molecule has 0 spiro atoms. The highest BCUT2D eigenvalue weighted by Crippen LogP contribution is 2.29. The maximum atomic E-state index is 12.8. The number of nitrogens with one attached hydrogen (secondary N) is 1. The SMILES string of the molecule is COC(=O)c1cccc(N2CCCC(NC(=O)Cc3sc(-c4ccc(Cl)cc4)nc3C)C2)c1. The average molecular weight is 484 g/mol. The van der Waals surface area contributed by atoms with Gasteiger partial charge in [-0.3, -0.25) is 4.79 Å². The van der Waals surface area contributed by atoms with Gasteiger partial charge in [-0.1, -0.05) is 29.8 Å². The summed E-state index contributed by atoms with van der Waals surface area (Å²) in [4.78, 5) is 32.5. The fourth-order valence-electron chi connectivity index (χ4n) is 4.01. The van der Waals surface area contributed by atoms with Crippen molar-refractivity contribution in [2.45, 2.75) is 32.2 Å². The average Bonchev–Trinajstić information content (AvgIpc) is 3.19. The van der Waals surface area contributed by atoms with E-state index in [9.17, 15) is 9.59 Å². The normalized spacial score (nSPS) is 15.8. The van der Waals surface area contributed by atoms with Crippen LogP contribution >= 0.6 is 22.9 Å². The van der Waals surface area contributed by atoms with Crippen molar-refractivity contribution in [2.75, 3.05) is 25.1 Å². The second kappa shape index (κ2) is 10.4. The number of methoxy groups -OCH3 is 1. The number of thiazole rings is 1. The molecule has 3 aromatic rings. The third-order valence-corrected chi connectivity index (χ3v) is 7.18. The Labute approximate surface area is 202 Å². The zero-order valence-corrected chi connectivity index (χ0v) is 20.2. The van der Waals surface area contributed by atoms with Crippen molar-refractivity contribution >= 4 is 40.5 Å². The minimum Gasteiger partial charge on any atom is -0.465 e. The smallest absolute Gasteiger partial charge is 0.337 e. The van der Waals surface area contributed by atoms with Gasteiger partial charge in [0.2, 0.25) is 5.91 Å². The molecule has 33 heavy (non-hydrogen) atoms. The second-order valence-corrected chi connectivity index (χ2v) is 9.63. The summed E-state index contributed by atoms with van der Waals surface area (Å²) in [5.41, 5.74) is 3.36. The fourth-order valence-corrected chi connectivity index (χ4v) is 5.20. The topological polar surface area (TPSA) is 71.5 Å². The lowest BCUT2D eigenvalue weighted by Gasteiger charge is -2.35. The Bertz CT molecular complexity index is 1150. The van der Waals surface area contributed by atoms with E-state index < -0.39 is 0 Å². The van der Waals surface area contributed by atoms with E-state index >= 15 is 0 Å². The number of carbonyl (C=O) groups is 2. The molecule has 4 rings (SSSR count). The summed E-state index contributed by atoms with van der Waals surface area (Å²) in [6.45, 7) is 3.53. The van der Waals surface area contributed by atoms with Crippen molar-refractivity contribution in [3.05, 3.63) is 69.7 Å². The maximum Gasteiger partial charge on any atom is 0.337 e. The van der Waals surface area contributed by atoms with Gasteiger partial charge in [0.1, 0.15) is 5.01 Å². The highest BCUT2D eigenvalue weighted by molar-refractivity contribution is 7.15. The van der Waals surface area contributed by atoms with Gasteiger partial charge in [0, 0.05) is 40.3 Å². The van der Waals surface area contributed by atoms with Crippen LogP contribution in [0.4, 0.5) is 5.69 Å². The van der Waals surface area contributed by atoms with Gasteiger partial charge in [-0.05, 0) is 50.1 Å². The highest BCUT2D eigenvalue weighted by atomic mass is 35.5. The summed E-state index contributed by atoms with van der Waals surface area (Å²) in [5, 5.41) is 4.76. The monoisotopic (exact) mass is 483 g/mol. The number of halogens is 1. The first-order valence-corrected chi connectivity index (χ1v) is 12.1. The van der Waals surface area contributed by atoms with E-state index in [2.05, 4.69) is 15.2 Å². The van der Waals surface area contributed by atoms with Crippen molar-refractivity contribution in [3.63, 3.8) is 0 Å². The lowest BCUT2D eigenvalue weighted by molar-refractivity contribution is -0.121. The van der Waals surface area contributed by atoms with Crippen LogP contribution in [-0.4, -0.2) is 43.1 Å². The van der Waals surface area contributed by atoms with Gasteiger partial charge in [-0.25, -0.2) is 9.78 Å². The van der Waals surface area contributed by atoms with Crippen LogP contribution in [0.25, 0.3) is 10.6 Å². The molecule has 1 amide bonds. The summed E-state index contributed by atoms with van der Waals surface area (Å²) < 4.78 is 4.83. The molecule has 1 aliphatic rings. The third-order valence-electron chi connectivity index (χ3n) is 5.72. The number of rotatable bonds is 6. The van der Waals surface area contributed by atoms with Crippen molar-refractivity contribution in [3.8, 4) is 10.6 Å². The molecule has 0 aliphatic carbocycles. The number of piperidine rings is 1. The van der Waals surface area contributed by atoms with Crippen LogP contribution in [0.15, 0.2) is 48.5 Å². The lowest BCUT2D eigenvalue weighted by Crippen LogP contribution is -2.48. The van der Waals surface area contributed by atoms with Crippen LogP contribution in [0.1, 0.15) is 33.8 Å². The van der Waals surface area contributed by atoms with Crippen molar-refractivity contribution in [2.24, 2.45) is 0 Å². The number of hydrogen-bond donors (Lipinski definition) is 1. The molecule has 1 unspecified atom stereocenters. The Hall–Kier alpha value is -2.90. The highest BCUT2D eigenvalue weighted by Gasteiger charge is 2.23. The number of amides is 1. The fraction of sp³-hybridized carbons (Fsp3) is 0.320. The second-order valence-electron chi connectivity index (χ2n) is 8.11. The van der Waals surface area contributed by atoms with E-state index in [1.165, 1.54) is 7.11 Å². The van der Waals surface area contributed by atoms with Crippen LogP contribution in [0.5, 0.6) is 0 Å². The number of ether oxygens (including phenoxy) is 1. The molecule has 6 nitrogen and oxygen atoms in total. The molecule has 1 aliphatic heterocycles. The summed E-state index contributed by atoms with van der Waals surface area (Å²) in [7, 11) is 1.38. The summed E-state index contributed by atoms with van der Waals surface area (Å²) in [6.07, 6.45) is 2.20. The van der Waals surface area contributed by atoms with Gasteiger partial charge in [0.25, 0.3) is 0 Å². The van der Waals surface area contributed by atoms with Crippen LogP contribution in [0.2, 0.25) is 5.02 Å². The van der Waals surface area contributed by atoms with E-state index in [0.717, 1.165) is 46.2 Å². The van der Waals surface area contributed by atoms with Crippen molar-refractivity contribution < 1.29 is 14.3 Å². The van der Waals surface area contributed by atoms with Crippen LogP contribution in [0.3, 0.4) is 0 Å². The number of aromatic nitrogens is 1. The van der Waals surface area contributed by atoms with Gasteiger partial charge in [0.05, 0.1) is 24.8 Å². The Morgan fingerprint density at radius 3 is 2.79 bits per heavy atom. The zero-order valence-electron chi connectivity index (χ0n) is 18.6. The Morgan fingerprint density at radius 2 is 2.03 bits per heavy atom. The molecule has 2 heterocycles. The molecule has 0 saturated carbocycles. The van der Waals surface area contributed by atoms with Gasteiger partial charge >= 0.3 is 5.97 Å². The number of carbonyl (C=O) groups excluding carboxylic acids is 2. The van der Waals surface area contributed by atoms with E-state index in [1.54, 1.807) is 17.4 Å². The van der Waals surface area contributed by atoms with Gasteiger partial charge in [-0.15, -0.1) is 11.3 Å². The van der Waals surface area contributed by atoms with E-state index in [0.29, 0.717) is 23.6 Å². The number of benzene rings is 2. The first-order valence-electron chi connectivity index (χ1n) is 10.9. The van der Waals surface area contributed by atoms with E-state index in [-0.39, 0.29) is 17.9 Å². The molecule has 172 valence electrons. The number of esters is 1. The third kappa shape index (κ3) is 5.72. The molecule has 1 fully saturated rings. The van der Waals surface area contributed by atoms with Crippen molar-refractivity contribution in [1.29, 1.82) is 0 Å². The predicted molar refractivity (Wildman–Crippen MR) is 132 cm³/mol. The summed E-state index contributed by atoms with van der Waals surface area (Å²) in [5.74, 6) is -0.351.